The summed E-state index contributed by atoms with van der Waals surface area (Å²) >= 11 is 0. The normalized spacial score (nSPS) is 13.0. The van der Waals surface area contributed by atoms with Gasteiger partial charge in [-0.15, -0.1) is 0 Å². The summed E-state index contributed by atoms with van der Waals surface area (Å²) in [5, 5.41) is 30.5. The smallest absolute Gasteiger partial charge is 0.202 e. The number of aromatic hydroxyl groups is 3. The van der Waals surface area contributed by atoms with E-state index in [0.717, 1.165) is 0 Å². The van der Waals surface area contributed by atoms with E-state index in [9.17, 15) is 24.9 Å². The molecule has 2 aromatic carbocycles. The van der Waals surface area contributed by atoms with Crippen LogP contribution in [0.5, 0.6) is 17.2 Å². The molecule has 1 aliphatic rings. The fourth-order valence-corrected chi connectivity index (χ4v) is 3.17. The molecule has 3 N–H and O–H groups in total. The van der Waals surface area contributed by atoms with Gasteiger partial charge in [0.1, 0.15) is 17.2 Å². The molecule has 2 aromatic rings. The van der Waals surface area contributed by atoms with Crippen molar-refractivity contribution in [2.45, 2.75) is 27.7 Å². The molecule has 0 aliphatic heterocycles. The number of hydrogen-bond donors (Lipinski definition) is 3. The van der Waals surface area contributed by atoms with E-state index < -0.39 is 17.3 Å². The van der Waals surface area contributed by atoms with Gasteiger partial charge >= 0.3 is 0 Å². The highest BCUT2D eigenvalue weighted by molar-refractivity contribution is 6.31. The Morgan fingerprint density at radius 3 is 1.78 bits per heavy atom. The summed E-state index contributed by atoms with van der Waals surface area (Å²) in [5.41, 5.74) is 1.54. The van der Waals surface area contributed by atoms with Crippen LogP contribution in [0.2, 0.25) is 0 Å². The molecular formula is C18H16O5. The fourth-order valence-electron chi connectivity index (χ4n) is 3.17. The molecule has 0 atom stereocenters. The minimum Gasteiger partial charge on any atom is -0.507 e. The lowest BCUT2D eigenvalue weighted by Crippen LogP contribution is -2.24. The van der Waals surface area contributed by atoms with E-state index in [1.165, 1.54) is 19.9 Å². The average molecular weight is 312 g/mol. The number of hydrogen-bond acceptors (Lipinski definition) is 5. The molecule has 0 heterocycles. The Hall–Kier alpha value is -2.82. The van der Waals surface area contributed by atoms with E-state index in [4.69, 9.17) is 0 Å². The van der Waals surface area contributed by atoms with Crippen LogP contribution in [0.4, 0.5) is 0 Å². The van der Waals surface area contributed by atoms with Gasteiger partial charge in [-0.2, -0.15) is 0 Å². The van der Waals surface area contributed by atoms with Crippen molar-refractivity contribution in [3.8, 4) is 17.2 Å². The van der Waals surface area contributed by atoms with Gasteiger partial charge in [-0.05, 0) is 44.9 Å². The van der Waals surface area contributed by atoms with Crippen molar-refractivity contribution in [1.82, 2.24) is 0 Å². The van der Waals surface area contributed by atoms with E-state index in [1.54, 1.807) is 13.8 Å². The third kappa shape index (κ3) is 1.73. The highest BCUT2D eigenvalue weighted by Crippen LogP contribution is 2.44. The van der Waals surface area contributed by atoms with E-state index in [1.807, 2.05) is 0 Å². The van der Waals surface area contributed by atoms with Crippen LogP contribution in [0.15, 0.2) is 6.07 Å². The van der Waals surface area contributed by atoms with Gasteiger partial charge in [0.2, 0.25) is 5.78 Å². The summed E-state index contributed by atoms with van der Waals surface area (Å²) in [6.45, 7) is 6.43. The van der Waals surface area contributed by atoms with Crippen LogP contribution in [0.25, 0.3) is 0 Å². The van der Waals surface area contributed by atoms with Gasteiger partial charge in [0, 0.05) is 22.3 Å². The molecule has 0 fully saturated rings. The van der Waals surface area contributed by atoms with Gasteiger partial charge < -0.3 is 15.3 Å². The summed E-state index contributed by atoms with van der Waals surface area (Å²) in [6.07, 6.45) is 0. The maximum absolute atomic E-state index is 12.9. The molecule has 0 radical (unpaired) electrons. The van der Waals surface area contributed by atoms with Crippen molar-refractivity contribution in [2.24, 2.45) is 0 Å². The highest BCUT2D eigenvalue weighted by Gasteiger charge is 2.38. The largest absolute Gasteiger partial charge is 0.507 e. The molecular weight excluding hydrogens is 296 g/mol. The standard InChI is InChI=1S/C18H16O5/c1-6-5-10(19)13-11(7(6)2)17(22)12-8(3)15(20)9(4)16(21)14(12)18(13)23/h5,19-21H,1-4H3. The van der Waals surface area contributed by atoms with Gasteiger partial charge in [-0.1, -0.05) is 0 Å². The van der Waals surface area contributed by atoms with Crippen LogP contribution in [0, 0.1) is 27.7 Å². The molecule has 118 valence electrons. The Balaban J connectivity index is 2.51. The van der Waals surface area contributed by atoms with Crippen molar-refractivity contribution in [3.63, 3.8) is 0 Å². The Morgan fingerprint density at radius 1 is 0.652 bits per heavy atom. The van der Waals surface area contributed by atoms with E-state index in [-0.39, 0.29) is 44.9 Å². The number of aryl methyl sites for hydroxylation is 1. The fraction of sp³-hybridized carbons (Fsp3) is 0.222. The van der Waals surface area contributed by atoms with Crippen molar-refractivity contribution in [2.75, 3.05) is 0 Å². The molecule has 1 aliphatic carbocycles. The summed E-state index contributed by atoms with van der Waals surface area (Å²) in [6, 6.07) is 1.43. The highest BCUT2D eigenvalue weighted by atomic mass is 16.3. The van der Waals surface area contributed by atoms with Crippen molar-refractivity contribution in [3.05, 3.63) is 50.6 Å². The monoisotopic (exact) mass is 312 g/mol. The lowest BCUT2D eigenvalue weighted by molar-refractivity contribution is 0.0972. The minimum absolute atomic E-state index is 0.00352. The number of fused-ring (bicyclic) bond motifs is 2. The van der Waals surface area contributed by atoms with Gasteiger partial charge in [-0.25, -0.2) is 0 Å². The van der Waals surface area contributed by atoms with Crippen LogP contribution in [0.3, 0.4) is 0 Å². The van der Waals surface area contributed by atoms with Gasteiger partial charge in [0.15, 0.2) is 5.78 Å². The summed E-state index contributed by atoms with van der Waals surface area (Å²) in [4.78, 5) is 25.8. The van der Waals surface area contributed by atoms with Crippen molar-refractivity contribution < 1.29 is 24.9 Å². The number of ketones is 2. The molecule has 5 nitrogen and oxygen atoms in total. The first-order valence-corrected chi connectivity index (χ1v) is 7.16. The zero-order valence-corrected chi connectivity index (χ0v) is 13.2. The van der Waals surface area contributed by atoms with Gasteiger partial charge in [0.05, 0.1) is 11.1 Å². The van der Waals surface area contributed by atoms with E-state index in [0.29, 0.717) is 11.1 Å². The molecule has 3 rings (SSSR count). The minimum atomic E-state index is -0.612. The van der Waals surface area contributed by atoms with Crippen LogP contribution in [0.1, 0.15) is 54.1 Å². The average Bonchev–Trinajstić information content (AvgIpc) is 2.49. The SMILES string of the molecule is Cc1cc(O)c2c(c1C)C(=O)c1c(C)c(O)c(C)c(O)c1C2=O. The molecule has 0 bridgehead atoms. The predicted molar refractivity (Wildman–Crippen MR) is 83.7 cm³/mol. The first kappa shape index (κ1) is 15.1. The van der Waals surface area contributed by atoms with Crippen LogP contribution in [-0.4, -0.2) is 26.9 Å². The summed E-state index contributed by atoms with van der Waals surface area (Å²) in [7, 11) is 0. The number of phenolic OH excluding ortho intramolecular Hbond substituents is 3. The number of rotatable bonds is 0. The Morgan fingerprint density at radius 2 is 1.17 bits per heavy atom. The van der Waals surface area contributed by atoms with Gasteiger partial charge in [0.25, 0.3) is 0 Å². The maximum atomic E-state index is 12.9. The lowest BCUT2D eigenvalue weighted by atomic mass is 9.77. The quantitative estimate of drug-likeness (QED) is 0.593. The lowest BCUT2D eigenvalue weighted by Gasteiger charge is -2.24. The van der Waals surface area contributed by atoms with E-state index in [2.05, 4.69) is 0 Å². The second-order valence-electron chi connectivity index (χ2n) is 5.94. The molecule has 0 unspecified atom stereocenters. The Kier molecular flexibility index (Phi) is 3.01. The van der Waals surface area contributed by atoms with Gasteiger partial charge in [-0.3, -0.25) is 9.59 Å². The second kappa shape index (κ2) is 4.59. The third-order valence-corrected chi connectivity index (χ3v) is 4.66. The molecule has 0 spiro atoms. The predicted octanol–water partition coefficient (Wildman–Crippen LogP) is 2.81. The molecule has 5 heteroatoms. The van der Waals surface area contributed by atoms with E-state index >= 15 is 0 Å². The summed E-state index contributed by atoms with van der Waals surface area (Å²) < 4.78 is 0. The number of carbonyl (C=O) groups excluding carboxylic acids is 2. The Labute approximate surface area is 132 Å². The first-order valence-electron chi connectivity index (χ1n) is 7.16. The number of benzene rings is 2. The zero-order valence-electron chi connectivity index (χ0n) is 13.2. The number of phenols is 3. The molecule has 0 saturated carbocycles. The van der Waals surface area contributed by atoms with Crippen LogP contribution in [-0.2, 0) is 0 Å². The second-order valence-corrected chi connectivity index (χ2v) is 5.94. The Bertz CT molecular complexity index is 922. The molecule has 0 aromatic heterocycles. The van der Waals surface area contributed by atoms with Crippen LogP contribution >= 0.6 is 0 Å². The first-order chi connectivity index (χ1) is 10.7. The van der Waals surface area contributed by atoms with Crippen LogP contribution < -0.4 is 0 Å². The zero-order chi connectivity index (χ0) is 17.2. The molecule has 0 saturated heterocycles. The topological polar surface area (TPSA) is 94.8 Å². The third-order valence-electron chi connectivity index (χ3n) is 4.66. The summed E-state index contributed by atoms with van der Waals surface area (Å²) in [5.74, 6) is -2.01. The number of carbonyl (C=O) groups is 2. The molecule has 23 heavy (non-hydrogen) atoms. The van der Waals surface area contributed by atoms with Crippen molar-refractivity contribution >= 4 is 11.6 Å². The maximum Gasteiger partial charge on any atom is 0.202 e. The molecule has 0 amide bonds. The van der Waals surface area contributed by atoms with Crippen molar-refractivity contribution in [1.29, 1.82) is 0 Å².